The Labute approximate surface area is 63.5 Å². The largest absolute Gasteiger partial charge is 0.417 e. The van der Waals surface area contributed by atoms with Crippen LogP contribution >= 0.6 is 0 Å². The van der Waals surface area contributed by atoms with Gasteiger partial charge in [-0.1, -0.05) is 0 Å². The van der Waals surface area contributed by atoms with Gasteiger partial charge >= 0.3 is 6.18 Å². The van der Waals surface area contributed by atoms with Crippen LogP contribution < -0.4 is 5.73 Å². The topological polar surface area (TPSA) is 35.2 Å². The van der Waals surface area contributed by atoms with E-state index >= 15 is 0 Å². The normalized spacial score (nSPS) is 18.0. The number of hydrogen-bond acceptors (Lipinski definition) is 2. The second-order valence-corrected chi connectivity index (χ2v) is 2.47. The lowest BCUT2D eigenvalue weighted by molar-refractivity contribution is -0.264. The molecule has 68 valence electrons. The van der Waals surface area contributed by atoms with E-state index in [1.165, 1.54) is 0 Å². The molecule has 0 heterocycles. The van der Waals surface area contributed by atoms with Gasteiger partial charge in [0.1, 0.15) is 0 Å². The Bertz CT molecular complexity index is 125. The summed E-state index contributed by atoms with van der Waals surface area (Å²) in [4.78, 5) is 0. The maximum atomic E-state index is 12.1. The van der Waals surface area contributed by atoms with E-state index in [1.807, 2.05) is 0 Å². The summed E-state index contributed by atoms with van der Waals surface area (Å²) in [5.74, 6) is 0. The molecule has 0 rings (SSSR count). The van der Waals surface area contributed by atoms with E-state index in [0.29, 0.717) is 0 Å². The van der Waals surface area contributed by atoms with Gasteiger partial charge in [0.25, 0.3) is 0 Å². The molecule has 11 heavy (non-hydrogen) atoms. The van der Waals surface area contributed by atoms with Gasteiger partial charge in [0.05, 0.1) is 0 Å². The van der Waals surface area contributed by atoms with Crippen LogP contribution in [0.4, 0.5) is 13.2 Å². The summed E-state index contributed by atoms with van der Waals surface area (Å²) in [7, 11) is 1.03. The minimum Gasteiger partial charge on any atom is -0.369 e. The molecule has 0 amide bonds. The molecule has 5 heteroatoms. The lowest BCUT2D eigenvalue weighted by Gasteiger charge is -2.29. The van der Waals surface area contributed by atoms with Gasteiger partial charge in [-0.15, -0.1) is 0 Å². The summed E-state index contributed by atoms with van der Waals surface area (Å²) in [5.41, 5.74) is 2.91. The predicted molar refractivity (Wildman–Crippen MR) is 35.1 cm³/mol. The van der Waals surface area contributed by atoms with Crippen LogP contribution in [0.3, 0.4) is 0 Å². The fourth-order valence-corrected chi connectivity index (χ4v) is 0.635. The minimum atomic E-state index is -4.35. The number of halogens is 3. The Kier molecular flexibility index (Phi) is 3.31. The molecule has 0 bridgehead atoms. The van der Waals surface area contributed by atoms with Gasteiger partial charge in [-0.2, -0.15) is 13.2 Å². The van der Waals surface area contributed by atoms with Crippen molar-refractivity contribution in [3.8, 4) is 0 Å². The van der Waals surface area contributed by atoms with E-state index in [0.717, 1.165) is 14.0 Å². The highest BCUT2D eigenvalue weighted by atomic mass is 19.4. The van der Waals surface area contributed by atoms with E-state index < -0.39 is 11.8 Å². The zero-order valence-electron chi connectivity index (χ0n) is 6.53. The monoisotopic (exact) mass is 171 g/mol. The molecule has 2 nitrogen and oxygen atoms in total. The van der Waals surface area contributed by atoms with Crippen LogP contribution in [0.15, 0.2) is 0 Å². The molecular formula is C6H12F3NO. The Morgan fingerprint density at radius 2 is 1.82 bits per heavy atom. The smallest absolute Gasteiger partial charge is 0.369 e. The number of nitrogens with two attached hydrogens (primary N) is 1. The molecule has 0 saturated carbocycles. The second kappa shape index (κ2) is 3.40. The first-order chi connectivity index (χ1) is 4.87. The lowest BCUT2D eigenvalue weighted by atomic mass is 10.0. The Hall–Kier alpha value is -0.290. The van der Waals surface area contributed by atoms with E-state index in [-0.39, 0.29) is 13.0 Å². The number of rotatable bonds is 3. The van der Waals surface area contributed by atoms with Gasteiger partial charge < -0.3 is 10.5 Å². The van der Waals surface area contributed by atoms with E-state index in [2.05, 4.69) is 4.74 Å². The van der Waals surface area contributed by atoms with Crippen molar-refractivity contribution in [2.45, 2.75) is 25.1 Å². The molecule has 0 aliphatic rings. The average molecular weight is 171 g/mol. The SMILES string of the molecule is COC(C)(CCN)C(F)(F)F. The van der Waals surface area contributed by atoms with Gasteiger partial charge in [-0.05, 0) is 19.9 Å². The molecule has 0 aliphatic heterocycles. The molecule has 0 spiro atoms. The fraction of sp³-hybridized carbons (Fsp3) is 1.00. The van der Waals surface area contributed by atoms with Crippen molar-refractivity contribution >= 4 is 0 Å². The summed E-state index contributed by atoms with van der Waals surface area (Å²) >= 11 is 0. The fourth-order valence-electron chi connectivity index (χ4n) is 0.635. The van der Waals surface area contributed by atoms with Crippen LogP contribution in [-0.2, 0) is 4.74 Å². The van der Waals surface area contributed by atoms with Crippen molar-refractivity contribution in [3.63, 3.8) is 0 Å². The predicted octanol–water partition coefficient (Wildman–Crippen LogP) is 1.30. The summed E-state index contributed by atoms with van der Waals surface area (Å²) in [6.45, 7) is 0.948. The van der Waals surface area contributed by atoms with Crippen LogP contribution in [-0.4, -0.2) is 25.4 Å². The van der Waals surface area contributed by atoms with Crippen LogP contribution in [0.1, 0.15) is 13.3 Å². The van der Waals surface area contributed by atoms with Crippen LogP contribution in [0.25, 0.3) is 0 Å². The van der Waals surface area contributed by atoms with Crippen LogP contribution in [0.2, 0.25) is 0 Å². The summed E-state index contributed by atoms with van der Waals surface area (Å²) in [6, 6.07) is 0. The first-order valence-corrected chi connectivity index (χ1v) is 3.19. The van der Waals surface area contributed by atoms with Gasteiger partial charge in [-0.3, -0.25) is 0 Å². The van der Waals surface area contributed by atoms with E-state index in [4.69, 9.17) is 5.73 Å². The molecule has 1 unspecified atom stereocenters. The highest BCUT2D eigenvalue weighted by Gasteiger charge is 2.50. The Balaban J connectivity index is 4.33. The molecule has 0 aromatic rings. The van der Waals surface area contributed by atoms with Crippen molar-refractivity contribution in [3.05, 3.63) is 0 Å². The summed E-state index contributed by atoms with van der Waals surface area (Å²) in [6.07, 6.45) is -4.56. The second-order valence-electron chi connectivity index (χ2n) is 2.47. The highest BCUT2D eigenvalue weighted by Crippen LogP contribution is 2.34. The Morgan fingerprint density at radius 3 is 1.91 bits per heavy atom. The average Bonchev–Trinajstić information content (AvgIpc) is 1.86. The highest BCUT2D eigenvalue weighted by molar-refractivity contribution is 4.83. The Morgan fingerprint density at radius 1 is 1.36 bits per heavy atom. The molecule has 0 saturated heterocycles. The zero-order chi connectivity index (χ0) is 9.12. The van der Waals surface area contributed by atoms with Crippen molar-refractivity contribution in [1.29, 1.82) is 0 Å². The molecule has 0 aromatic heterocycles. The molecule has 0 aliphatic carbocycles. The van der Waals surface area contributed by atoms with Crippen molar-refractivity contribution < 1.29 is 17.9 Å². The van der Waals surface area contributed by atoms with Crippen LogP contribution in [0.5, 0.6) is 0 Å². The molecule has 2 N–H and O–H groups in total. The lowest BCUT2D eigenvalue weighted by Crippen LogP contribution is -2.45. The summed E-state index contributed by atoms with van der Waals surface area (Å²) < 4.78 is 40.7. The third kappa shape index (κ3) is 2.34. The van der Waals surface area contributed by atoms with E-state index in [9.17, 15) is 13.2 Å². The number of alkyl halides is 3. The third-order valence-corrected chi connectivity index (χ3v) is 1.67. The number of methoxy groups -OCH3 is 1. The maximum Gasteiger partial charge on any atom is 0.417 e. The minimum absolute atomic E-state index is 0.0378. The van der Waals surface area contributed by atoms with Crippen molar-refractivity contribution in [2.24, 2.45) is 5.73 Å². The van der Waals surface area contributed by atoms with Gasteiger partial charge in [-0.25, -0.2) is 0 Å². The van der Waals surface area contributed by atoms with Gasteiger partial charge in [0.15, 0.2) is 5.60 Å². The van der Waals surface area contributed by atoms with E-state index in [1.54, 1.807) is 0 Å². The molecular weight excluding hydrogens is 159 g/mol. The number of ether oxygens (including phenoxy) is 1. The maximum absolute atomic E-state index is 12.1. The van der Waals surface area contributed by atoms with Gasteiger partial charge in [0.2, 0.25) is 0 Å². The first kappa shape index (κ1) is 10.7. The van der Waals surface area contributed by atoms with Crippen LogP contribution in [0, 0.1) is 0 Å². The molecule has 1 atom stereocenters. The molecule has 0 fully saturated rings. The van der Waals surface area contributed by atoms with Crippen molar-refractivity contribution in [2.75, 3.05) is 13.7 Å². The standard InChI is InChI=1S/C6H12F3NO/c1-5(11-2,3-4-10)6(7,8)9/h3-4,10H2,1-2H3. The number of hydrogen-bond donors (Lipinski definition) is 1. The van der Waals surface area contributed by atoms with Gasteiger partial charge in [0, 0.05) is 7.11 Å². The first-order valence-electron chi connectivity index (χ1n) is 3.19. The van der Waals surface area contributed by atoms with Crippen molar-refractivity contribution in [1.82, 2.24) is 0 Å². The molecule has 0 radical (unpaired) electrons. The molecule has 0 aromatic carbocycles. The third-order valence-electron chi connectivity index (χ3n) is 1.67. The zero-order valence-corrected chi connectivity index (χ0v) is 6.53. The quantitative estimate of drug-likeness (QED) is 0.694. The summed E-state index contributed by atoms with van der Waals surface area (Å²) in [5, 5.41) is 0.